The van der Waals surface area contributed by atoms with Crippen LogP contribution in [0.1, 0.15) is 12.8 Å². The summed E-state index contributed by atoms with van der Waals surface area (Å²) in [6.07, 6.45) is 6.71. The lowest BCUT2D eigenvalue weighted by Crippen LogP contribution is -2.27. The lowest BCUT2D eigenvalue weighted by Gasteiger charge is -2.23. The summed E-state index contributed by atoms with van der Waals surface area (Å²) in [5.41, 5.74) is -1.02. The molecule has 0 bridgehead atoms. The first-order chi connectivity index (χ1) is 7.18. The second-order valence-corrected chi connectivity index (χ2v) is 3.77. The third-order valence-electron chi connectivity index (χ3n) is 2.54. The maximum Gasteiger partial charge on any atom is 0.178 e. The van der Waals surface area contributed by atoms with Gasteiger partial charge in [0.05, 0.1) is 13.2 Å². The maximum absolute atomic E-state index is 10.9. The zero-order valence-electron chi connectivity index (χ0n) is 8.39. The number of hydrogen-bond donors (Lipinski definition) is 1. The summed E-state index contributed by atoms with van der Waals surface area (Å²) in [4.78, 5) is 10.9. The molecule has 2 rings (SSSR count). The van der Waals surface area contributed by atoms with Gasteiger partial charge in [-0.2, -0.15) is 0 Å². The average Bonchev–Trinajstić information content (AvgIpc) is 2.73. The Morgan fingerprint density at radius 1 is 1.33 bits per heavy atom. The molecule has 4 nitrogen and oxygen atoms in total. The molecule has 0 radical (unpaired) electrons. The van der Waals surface area contributed by atoms with E-state index in [-0.39, 0.29) is 12.1 Å². The predicted molar refractivity (Wildman–Crippen MR) is 53.2 cm³/mol. The molecule has 4 heteroatoms. The van der Waals surface area contributed by atoms with E-state index in [1.165, 1.54) is 24.3 Å². The van der Waals surface area contributed by atoms with Gasteiger partial charge in [0.1, 0.15) is 5.60 Å². The molecule has 0 aromatic carbocycles. The summed E-state index contributed by atoms with van der Waals surface area (Å²) in [6, 6.07) is 0. The Balaban J connectivity index is 1.85. The number of ether oxygens (including phenoxy) is 2. The van der Waals surface area contributed by atoms with Gasteiger partial charge >= 0.3 is 0 Å². The number of carbonyl (C=O) groups is 1. The van der Waals surface area contributed by atoms with Crippen LogP contribution >= 0.6 is 0 Å². The third kappa shape index (κ3) is 2.75. The molecule has 0 unspecified atom stereocenters. The van der Waals surface area contributed by atoms with Crippen molar-refractivity contribution in [2.45, 2.75) is 24.7 Å². The highest BCUT2D eigenvalue weighted by Gasteiger charge is 2.26. The minimum atomic E-state index is -1.02. The fourth-order valence-electron chi connectivity index (χ4n) is 1.65. The maximum atomic E-state index is 10.9. The van der Waals surface area contributed by atoms with E-state index in [0.717, 1.165) is 0 Å². The van der Waals surface area contributed by atoms with E-state index in [2.05, 4.69) is 0 Å². The van der Waals surface area contributed by atoms with Gasteiger partial charge in [-0.25, -0.2) is 0 Å². The first-order valence-corrected chi connectivity index (χ1v) is 5.06. The van der Waals surface area contributed by atoms with Gasteiger partial charge in [-0.05, 0) is 30.7 Å². The molecule has 0 aromatic rings. The normalized spacial score (nSPS) is 25.0. The quantitative estimate of drug-likeness (QED) is 0.739. The Morgan fingerprint density at radius 3 is 2.53 bits per heavy atom. The summed E-state index contributed by atoms with van der Waals surface area (Å²) in [6.45, 7) is 1.24. The first-order valence-electron chi connectivity index (χ1n) is 5.06. The van der Waals surface area contributed by atoms with E-state index >= 15 is 0 Å². The second-order valence-electron chi connectivity index (χ2n) is 3.77. The SMILES string of the molecule is O=C1C=CC(O)(CCC2OCCO2)C=C1. The highest BCUT2D eigenvalue weighted by atomic mass is 16.7. The molecule has 0 spiro atoms. The van der Waals surface area contributed by atoms with Crippen molar-refractivity contribution in [1.82, 2.24) is 0 Å². The monoisotopic (exact) mass is 210 g/mol. The molecular formula is C11H14O4. The number of allylic oxidation sites excluding steroid dienone is 2. The van der Waals surface area contributed by atoms with Crippen LogP contribution in [-0.2, 0) is 14.3 Å². The lowest BCUT2D eigenvalue weighted by atomic mass is 9.92. The third-order valence-corrected chi connectivity index (χ3v) is 2.54. The molecule has 15 heavy (non-hydrogen) atoms. The van der Waals surface area contributed by atoms with E-state index in [1.807, 2.05) is 0 Å². The van der Waals surface area contributed by atoms with Crippen molar-refractivity contribution in [3.05, 3.63) is 24.3 Å². The van der Waals surface area contributed by atoms with E-state index in [0.29, 0.717) is 26.1 Å². The van der Waals surface area contributed by atoms with Crippen LogP contribution in [0, 0.1) is 0 Å². The minimum Gasteiger partial charge on any atom is -0.382 e. The Labute approximate surface area is 88.2 Å². The summed E-state index contributed by atoms with van der Waals surface area (Å²) in [5, 5.41) is 10.0. The zero-order valence-corrected chi connectivity index (χ0v) is 8.39. The molecule has 0 saturated carbocycles. The first kappa shape index (κ1) is 10.5. The molecule has 1 heterocycles. The average molecular weight is 210 g/mol. The van der Waals surface area contributed by atoms with Crippen LogP contribution in [-0.4, -0.2) is 36.0 Å². The number of hydrogen-bond acceptors (Lipinski definition) is 4. The minimum absolute atomic E-state index is 0.0898. The highest BCUT2D eigenvalue weighted by molar-refractivity contribution is 6.00. The van der Waals surface area contributed by atoms with Crippen LogP contribution < -0.4 is 0 Å². The van der Waals surface area contributed by atoms with E-state index in [9.17, 15) is 9.90 Å². The van der Waals surface area contributed by atoms with E-state index < -0.39 is 5.60 Å². The fraction of sp³-hybridized carbons (Fsp3) is 0.545. The fourth-order valence-corrected chi connectivity index (χ4v) is 1.65. The van der Waals surface area contributed by atoms with Gasteiger partial charge in [0.15, 0.2) is 12.1 Å². The topological polar surface area (TPSA) is 55.8 Å². The van der Waals surface area contributed by atoms with Gasteiger partial charge in [0.25, 0.3) is 0 Å². The van der Waals surface area contributed by atoms with Crippen LogP contribution in [0.15, 0.2) is 24.3 Å². The van der Waals surface area contributed by atoms with Gasteiger partial charge in [0, 0.05) is 6.42 Å². The highest BCUT2D eigenvalue weighted by Crippen LogP contribution is 2.23. The number of ketones is 1. The number of rotatable bonds is 3. The predicted octanol–water partition coefficient (Wildman–Crippen LogP) is 0.566. The number of aliphatic hydroxyl groups is 1. The van der Waals surface area contributed by atoms with Crippen LogP contribution in [0.3, 0.4) is 0 Å². The number of carbonyl (C=O) groups excluding carboxylic acids is 1. The Hall–Kier alpha value is -0.970. The van der Waals surface area contributed by atoms with Crippen LogP contribution in [0.4, 0.5) is 0 Å². The largest absolute Gasteiger partial charge is 0.382 e. The molecule has 1 saturated heterocycles. The molecule has 1 aliphatic carbocycles. The molecule has 1 aliphatic heterocycles. The zero-order chi connectivity index (χ0) is 10.7. The molecule has 82 valence electrons. The molecule has 0 amide bonds. The van der Waals surface area contributed by atoms with Gasteiger partial charge < -0.3 is 14.6 Å². The van der Waals surface area contributed by atoms with Crippen LogP contribution in [0.2, 0.25) is 0 Å². The van der Waals surface area contributed by atoms with Crippen molar-refractivity contribution in [1.29, 1.82) is 0 Å². The van der Waals surface area contributed by atoms with Gasteiger partial charge in [-0.3, -0.25) is 4.79 Å². The lowest BCUT2D eigenvalue weighted by molar-refractivity contribution is -0.110. The van der Waals surface area contributed by atoms with Gasteiger partial charge in [-0.15, -0.1) is 0 Å². The Morgan fingerprint density at radius 2 is 1.93 bits per heavy atom. The Bertz CT molecular complexity index is 284. The molecule has 0 aromatic heterocycles. The van der Waals surface area contributed by atoms with Crippen molar-refractivity contribution in [2.24, 2.45) is 0 Å². The van der Waals surface area contributed by atoms with Crippen molar-refractivity contribution in [2.75, 3.05) is 13.2 Å². The van der Waals surface area contributed by atoms with Crippen molar-refractivity contribution in [3.8, 4) is 0 Å². The van der Waals surface area contributed by atoms with Gasteiger partial charge in [0.2, 0.25) is 0 Å². The molecule has 0 atom stereocenters. The van der Waals surface area contributed by atoms with Gasteiger partial charge in [-0.1, -0.05) is 0 Å². The Kier molecular flexibility index (Phi) is 3.00. The second kappa shape index (κ2) is 4.26. The molecule has 1 N–H and O–H groups in total. The molecule has 1 fully saturated rings. The van der Waals surface area contributed by atoms with Crippen LogP contribution in [0.5, 0.6) is 0 Å². The molecular weight excluding hydrogens is 196 g/mol. The summed E-state index contributed by atoms with van der Waals surface area (Å²) >= 11 is 0. The summed E-state index contributed by atoms with van der Waals surface area (Å²) in [5.74, 6) is -0.0898. The summed E-state index contributed by atoms with van der Waals surface area (Å²) in [7, 11) is 0. The van der Waals surface area contributed by atoms with Crippen LogP contribution in [0.25, 0.3) is 0 Å². The van der Waals surface area contributed by atoms with Crippen molar-refractivity contribution in [3.63, 3.8) is 0 Å². The standard InChI is InChI=1S/C11H14O4/c12-9-1-4-11(13,5-2-9)6-3-10-14-7-8-15-10/h1-2,4-5,10,13H,3,6-8H2. The van der Waals surface area contributed by atoms with E-state index in [4.69, 9.17) is 9.47 Å². The van der Waals surface area contributed by atoms with E-state index in [1.54, 1.807) is 0 Å². The van der Waals surface area contributed by atoms with Crippen molar-refractivity contribution < 1.29 is 19.4 Å². The molecule has 2 aliphatic rings. The smallest absolute Gasteiger partial charge is 0.178 e. The summed E-state index contributed by atoms with van der Waals surface area (Å²) < 4.78 is 10.5. The van der Waals surface area contributed by atoms with Crippen molar-refractivity contribution >= 4 is 5.78 Å².